The Hall–Kier alpha value is -6.61. The second kappa shape index (κ2) is 18.3. The number of fused-ring (bicyclic) bond motifs is 4. The number of hydrogen-bond donors (Lipinski definition) is 1. The highest BCUT2D eigenvalue weighted by molar-refractivity contribution is 5.79. The smallest absolute Gasteiger partial charge is 0.326 e. The van der Waals surface area contributed by atoms with Crippen LogP contribution in [0.2, 0.25) is 0 Å². The van der Waals surface area contributed by atoms with Gasteiger partial charge in [0, 0.05) is 5.56 Å². The Morgan fingerprint density at radius 1 is 0.525 bits per heavy atom. The third-order valence-corrected chi connectivity index (χ3v) is 10.9. The molecule has 11 rings (SSSR count). The maximum Gasteiger partial charge on any atom is 0.326 e. The van der Waals surface area contributed by atoms with Crippen molar-refractivity contribution in [1.82, 2.24) is 10.2 Å². The van der Waals surface area contributed by atoms with Gasteiger partial charge in [0.15, 0.2) is 34.5 Å². The SMILES string of the molecule is O=C1CN[C@@H](c2ccccc2)CO1.O=C1OC[C@H](c2ccccc2)N2C(c3ccc4c(c3)OCCO4)O[C@H](c3ccc4c(c3)OCCO4)C12.O=Cc1ccc2c(c1)OCCO2. The fourth-order valence-electron chi connectivity index (χ4n) is 7.95. The summed E-state index contributed by atoms with van der Waals surface area (Å²) in [5, 5.41) is 3.11. The van der Waals surface area contributed by atoms with Gasteiger partial charge in [-0.05, 0) is 64.7 Å². The van der Waals surface area contributed by atoms with E-state index < -0.39 is 18.4 Å². The minimum atomic E-state index is -0.635. The number of nitrogens with zero attached hydrogens (tertiary/aromatic N) is 1. The third-order valence-electron chi connectivity index (χ3n) is 10.9. The van der Waals surface area contributed by atoms with E-state index >= 15 is 0 Å². The molecule has 5 aromatic carbocycles. The lowest BCUT2D eigenvalue weighted by molar-refractivity contribution is -0.163. The number of aldehydes is 1. The van der Waals surface area contributed by atoms with Gasteiger partial charge in [0.1, 0.15) is 77.5 Å². The highest BCUT2D eigenvalue weighted by Crippen LogP contribution is 2.51. The Kier molecular flexibility index (Phi) is 12.0. The molecule has 6 aliphatic heterocycles. The molecule has 3 saturated heterocycles. The van der Waals surface area contributed by atoms with Crippen LogP contribution in [0.15, 0.2) is 115 Å². The van der Waals surface area contributed by atoms with Crippen molar-refractivity contribution in [3.63, 3.8) is 0 Å². The quantitative estimate of drug-likeness (QED) is 0.160. The highest BCUT2D eigenvalue weighted by atomic mass is 16.6. The molecule has 6 heterocycles. The Morgan fingerprint density at radius 2 is 1.07 bits per heavy atom. The van der Waals surface area contributed by atoms with Crippen molar-refractivity contribution in [1.29, 1.82) is 0 Å². The van der Waals surface area contributed by atoms with Gasteiger partial charge in [0.05, 0.1) is 18.6 Å². The molecule has 1 N–H and O–H groups in total. The standard InChI is InChI=1S/C28H25NO7.C10H11NO2.C9H8O3/c30-28-25-26(18-6-8-21-23(14-18)33-12-10-31-21)36-27(19-7-9-22-24(15-19)34-13-11-32-22)29(25)20(16-35-28)17-4-2-1-3-5-17;12-10-6-11-9(7-13-10)8-4-2-1-3-5-8;10-6-7-1-2-8-9(5-7)12-4-3-11-8/h1-9,14-15,20,25-27H,10-13,16H2;1-5,9,11H,6-7H2;1-2,5-6H,3-4H2/t20-,25?,26-,27?;9-;/m11./s1. The first kappa shape index (κ1) is 39.8. The zero-order valence-corrected chi connectivity index (χ0v) is 33.1. The van der Waals surface area contributed by atoms with Crippen LogP contribution in [-0.2, 0) is 23.8 Å². The summed E-state index contributed by atoms with van der Waals surface area (Å²) in [4.78, 5) is 36.6. The Morgan fingerprint density at radius 3 is 1.66 bits per heavy atom. The summed E-state index contributed by atoms with van der Waals surface area (Å²) in [5.74, 6) is 3.63. The van der Waals surface area contributed by atoms with Crippen LogP contribution in [0.25, 0.3) is 0 Å². The van der Waals surface area contributed by atoms with Crippen molar-refractivity contribution < 1.29 is 57.0 Å². The van der Waals surface area contributed by atoms with Crippen LogP contribution >= 0.6 is 0 Å². The Bertz CT molecular complexity index is 2330. The molecule has 6 aliphatic rings. The minimum absolute atomic E-state index is 0.152. The number of cyclic esters (lactones) is 2. The van der Waals surface area contributed by atoms with E-state index in [1.807, 2.05) is 84.9 Å². The summed E-state index contributed by atoms with van der Waals surface area (Å²) in [6.07, 6.45) is -0.266. The molecule has 2 unspecified atom stereocenters. The van der Waals surface area contributed by atoms with Crippen LogP contribution in [0.5, 0.6) is 34.5 Å². The molecule has 0 aromatic heterocycles. The largest absolute Gasteiger partial charge is 0.486 e. The summed E-state index contributed by atoms with van der Waals surface area (Å²) in [5.41, 5.74) is 4.55. The molecule has 0 aliphatic carbocycles. The van der Waals surface area contributed by atoms with Crippen LogP contribution in [0.4, 0.5) is 0 Å². The average molecular weight is 829 g/mol. The number of carbonyl (C=O) groups is 3. The normalized spacial score (nSPS) is 23.3. The maximum absolute atomic E-state index is 13.3. The summed E-state index contributed by atoms with van der Waals surface area (Å²) >= 11 is 0. The van der Waals surface area contributed by atoms with Crippen LogP contribution in [-0.4, -0.2) is 88.6 Å². The van der Waals surface area contributed by atoms with Crippen molar-refractivity contribution in [3.05, 3.63) is 143 Å². The molecule has 0 bridgehead atoms. The lowest BCUT2D eigenvalue weighted by Gasteiger charge is -2.39. The van der Waals surface area contributed by atoms with Crippen LogP contribution < -0.4 is 33.7 Å². The van der Waals surface area contributed by atoms with Crippen LogP contribution in [0.3, 0.4) is 0 Å². The van der Waals surface area contributed by atoms with Gasteiger partial charge in [0.2, 0.25) is 0 Å². The van der Waals surface area contributed by atoms with Gasteiger partial charge >= 0.3 is 11.9 Å². The number of benzene rings is 5. The first-order valence-corrected chi connectivity index (χ1v) is 20.2. The Balaban J connectivity index is 0.000000154. The van der Waals surface area contributed by atoms with Gasteiger partial charge in [-0.2, -0.15) is 0 Å². The maximum atomic E-state index is 13.3. The molecule has 0 spiro atoms. The van der Waals surface area contributed by atoms with Gasteiger partial charge in [-0.1, -0.05) is 72.8 Å². The van der Waals surface area contributed by atoms with E-state index in [1.54, 1.807) is 18.2 Å². The van der Waals surface area contributed by atoms with Gasteiger partial charge in [0.25, 0.3) is 0 Å². The fourth-order valence-corrected chi connectivity index (χ4v) is 7.95. The highest BCUT2D eigenvalue weighted by Gasteiger charge is 2.54. The molecule has 0 saturated carbocycles. The number of hydrogen-bond acceptors (Lipinski definition) is 14. The zero-order valence-electron chi connectivity index (χ0n) is 33.1. The van der Waals surface area contributed by atoms with E-state index in [0.29, 0.717) is 92.9 Å². The number of rotatable bonds is 5. The zero-order chi connectivity index (χ0) is 41.5. The molecule has 14 heteroatoms. The minimum Gasteiger partial charge on any atom is -0.486 e. The summed E-state index contributed by atoms with van der Waals surface area (Å²) < 4.78 is 51.0. The van der Waals surface area contributed by atoms with Crippen LogP contribution in [0, 0.1) is 0 Å². The summed E-state index contributed by atoms with van der Waals surface area (Å²) in [7, 11) is 0. The van der Waals surface area contributed by atoms with Crippen molar-refractivity contribution in [3.8, 4) is 34.5 Å². The molecular weight excluding hydrogens is 785 g/mol. The monoisotopic (exact) mass is 828 g/mol. The molecule has 61 heavy (non-hydrogen) atoms. The third kappa shape index (κ3) is 8.83. The molecular formula is C47H44N2O12. The number of ether oxygens (including phenoxy) is 9. The Labute approximate surface area is 352 Å². The van der Waals surface area contributed by atoms with Crippen molar-refractivity contribution in [2.24, 2.45) is 0 Å². The number of nitrogens with one attached hydrogen (secondary N) is 1. The van der Waals surface area contributed by atoms with Gasteiger partial charge in [-0.3, -0.25) is 19.7 Å². The van der Waals surface area contributed by atoms with E-state index in [0.717, 1.165) is 28.5 Å². The van der Waals surface area contributed by atoms with Crippen molar-refractivity contribution in [2.45, 2.75) is 30.5 Å². The van der Waals surface area contributed by atoms with E-state index in [2.05, 4.69) is 22.3 Å². The van der Waals surface area contributed by atoms with E-state index in [9.17, 15) is 14.4 Å². The van der Waals surface area contributed by atoms with E-state index in [-0.39, 0.29) is 30.6 Å². The first-order chi connectivity index (χ1) is 30.0. The first-order valence-electron chi connectivity index (χ1n) is 20.2. The lowest BCUT2D eigenvalue weighted by Crippen LogP contribution is -2.49. The number of esters is 2. The summed E-state index contributed by atoms with van der Waals surface area (Å²) in [6.45, 7) is 4.12. The van der Waals surface area contributed by atoms with Crippen LogP contribution in [0.1, 0.15) is 57.0 Å². The second-order valence-corrected chi connectivity index (χ2v) is 14.7. The topological polar surface area (TPSA) is 150 Å². The van der Waals surface area contributed by atoms with Gasteiger partial charge in [-0.15, -0.1) is 0 Å². The molecule has 5 atom stereocenters. The predicted octanol–water partition coefficient (Wildman–Crippen LogP) is 6.11. The van der Waals surface area contributed by atoms with Crippen molar-refractivity contribution in [2.75, 3.05) is 59.4 Å². The average Bonchev–Trinajstić information content (AvgIpc) is 3.74. The fraction of sp³-hybridized carbons (Fsp3) is 0.298. The molecule has 0 radical (unpaired) electrons. The summed E-state index contributed by atoms with van der Waals surface area (Å²) in [6, 6.07) is 36.1. The molecule has 314 valence electrons. The van der Waals surface area contributed by atoms with E-state index in [4.69, 9.17) is 42.6 Å². The van der Waals surface area contributed by atoms with Gasteiger partial charge in [-0.25, -0.2) is 4.90 Å². The second-order valence-electron chi connectivity index (χ2n) is 14.7. The van der Waals surface area contributed by atoms with E-state index in [1.165, 1.54) is 0 Å². The van der Waals surface area contributed by atoms with Gasteiger partial charge < -0.3 is 42.6 Å². The predicted molar refractivity (Wildman–Crippen MR) is 218 cm³/mol. The molecule has 0 amide bonds. The number of carbonyl (C=O) groups excluding carboxylic acids is 3. The lowest BCUT2D eigenvalue weighted by atomic mass is 9.96. The molecule has 14 nitrogen and oxygen atoms in total. The molecule has 5 aromatic rings. The van der Waals surface area contributed by atoms with Crippen molar-refractivity contribution >= 4 is 18.2 Å². The number of morpholine rings is 2. The molecule has 3 fully saturated rings.